The molecule has 26 heavy (non-hydrogen) atoms. The molecular weight excluding hydrogens is 403 g/mol. The van der Waals surface area contributed by atoms with Crippen LogP contribution in [0.3, 0.4) is 0 Å². The Labute approximate surface area is 157 Å². The van der Waals surface area contributed by atoms with Crippen molar-refractivity contribution in [3.05, 3.63) is 77.4 Å². The number of hydrogen-bond donors (Lipinski definition) is 1. The van der Waals surface area contributed by atoms with Crippen LogP contribution in [0.4, 0.5) is 8.78 Å². The number of halogens is 2. The summed E-state index contributed by atoms with van der Waals surface area (Å²) in [6, 6.07) is 9.44. The zero-order valence-corrected chi connectivity index (χ0v) is 16.2. The van der Waals surface area contributed by atoms with Gasteiger partial charge in [0.05, 0.1) is 0 Å². The molecule has 0 saturated carbocycles. The van der Waals surface area contributed by atoms with Crippen molar-refractivity contribution < 1.29 is 13.9 Å². The molecule has 0 amide bonds. The van der Waals surface area contributed by atoms with Crippen LogP contribution in [0.15, 0.2) is 49.1 Å². The van der Waals surface area contributed by atoms with E-state index in [-0.39, 0.29) is 27.1 Å². The molecule has 1 aromatic heterocycles. The van der Waals surface area contributed by atoms with Crippen LogP contribution in [-0.2, 0) is 12.1 Å². The number of hydrogen-bond acceptors (Lipinski definition) is 3. The first kappa shape index (κ1) is 18.7. The van der Waals surface area contributed by atoms with Gasteiger partial charge in [0.1, 0.15) is 0 Å². The summed E-state index contributed by atoms with van der Waals surface area (Å²) in [6.45, 7) is 4.08. The van der Waals surface area contributed by atoms with E-state index in [1.165, 1.54) is 23.4 Å². The molecule has 2 aromatic carbocycles. The molecule has 0 spiro atoms. The van der Waals surface area contributed by atoms with Crippen molar-refractivity contribution >= 4 is 19.4 Å². The van der Waals surface area contributed by atoms with Crippen molar-refractivity contribution in [3.8, 4) is 0 Å². The quantitative estimate of drug-likeness (QED) is 0.622. The van der Waals surface area contributed by atoms with Gasteiger partial charge in [0, 0.05) is 0 Å². The van der Waals surface area contributed by atoms with Crippen LogP contribution in [0.5, 0.6) is 0 Å². The molecule has 0 aliphatic carbocycles. The summed E-state index contributed by atoms with van der Waals surface area (Å²) in [6.07, 6.45) is 2.83. The van der Waals surface area contributed by atoms with Crippen molar-refractivity contribution in [2.75, 3.05) is 0 Å². The van der Waals surface area contributed by atoms with Gasteiger partial charge in [-0.15, -0.1) is 0 Å². The summed E-state index contributed by atoms with van der Waals surface area (Å²) in [5, 5.41) is 15.7. The van der Waals surface area contributed by atoms with Crippen LogP contribution >= 0.6 is 0 Å². The van der Waals surface area contributed by atoms with E-state index in [1.807, 2.05) is 26.0 Å². The molecule has 3 aromatic rings. The minimum absolute atomic E-state index is 0.0438. The molecule has 0 aliphatic rings. The van der Waals surface area contributed by atoms with Crippen molar-refractivity contribution in [3.63, 3.8) is 0 Å². The topological polar surface area (TPSA) is 50.9 Å². The number of aryl methyl sites for hydroxylation is 2. The second-order valence-corrected chi connectivity index (χ2v) is 8.44. The van der Waals surface area contributed by atoms with Crippen LogP contribution in [0.2, 0.25) is 5.32 Å². The number of aliphatic hydroxyl groups is 1. The third-order valence-electron chi connectivity index (χ3n) is 4.13. The summed E-state index contributed by atoms with van der Waals surface area (Å²) in [7, 11) is 0. The second kappa shape index (κ2) is 7.66. The average Bonchev–Trinajstić information content (AvgIpc) is 3.08. The Kier molecular flexibility index (Phi) is 5.51. The SMILES string of the molecule is Cc1ccc(C)c([Se]CC(O)(Cn2cncn2)c2ccc(F)cc2F)c1. The summed E-state index contributed by atoms with van der Waals surface area (Å²) >= 11 is -0.105. The fourth-order valence-corrected chi connectivity index (χ4v) is 5.25. The van der Waals surface area contributed by atoms with Gasteiger partial charge in [0.2, 0.25) is 0 Å². The van der Waals surface area contributed by atoms with E-state index >= 15 is 0 Å². The molecule has 1 unspecified atom stereocenters. The average molecular weight is 422 g/mol. The van der Waals surface area contributed by atoms with Crippen molar-refractivity contribution in [1.82, 2.24) is 14.8 Å². The van der Waals surface area contributed by atoms with Gasteiger partial charge in [-0.05, 0) is 0 Å². The number of nitrogens with zero attached hydrogens (tertiary/aromatic N) is 3. The van der Waals surface area contributed by atoms with Crippen molar-refractivity contribution in [2.24, 2.45) is 0 Å². The molecule has 0 radical (unpaired) electrons. The Morgan fingerprint density at radius 3 is 2.65 bits per heavy atom. The third-order valence-corrected chi connectivity index (χ3v) is 7.01. The van der Waals surface area contributed by atoms with Crippen molar-refractivity contribution in [1.29, 1.82) is 0 Å². The van der Waals surface area contributed by atoms with Crippen LogP contribution in [0.1, 0.15) is 16.7 Å². The summed E-state index contributed by atoms with van der Waals surface area (Å²) in [5.74, 6) is -1.43. The van der Waals surface area contributed by atoms with Gasteiger partial charge in [0.15, 0.2) is 0 Å². The predicted molar refractivity (Wildman–Crippen MR) is 96.4 cm³/mol. The Hall–Kier alpha value is -2.08. The fraction of sp³-hybridized carbons (Fsp3) is 0.263. The van der Waals surface area contributed by atoms with E-state index in [9.17, 15) is 13.9 Å². The molecule has 4 nitrogen and oxygen atoms in total. The molecular formula is C19H19F2N3OSe. The fourth-order valence-electron chi connectivity index (χ4n) is 2.72. The molecule has 7 heteroatoms. The van der Waals surface area contributed by atoms with Crippen LogP contribution in [-0.4, -0.2) is 34.8 Å². The number of benzene rings is 2. The van der Waals surface area contributed by atoms with E-state index in [1.54, 1.807) is 0 Å². The van der Waals surface area contributed by atoms with Crippen LogP contribution in [0.25, 0.3) is 0 Å². The van der Waals surface area contributed by atoms with E-state index in [2.05, 4.69) is 16.1 Å². The first-order valence-electron chi connectivity index (χ1n) is 8.08. The van der Waals surface area contributed by atoms with E-state index < -0.39 is 17.2 Å². The maximum absolute atomic E-state index is 14.4. The van der Waals surface area contributed by atoms with Gasteiger partial charge in [-0.25, -0.2) is 0 Å². The second-order valence-electron chi connectivity index (χ2n) is 6.31. The Morgan fingerprint density at radius 2 is 1.96 bits per heavy atom. The summed E-state index contributed by atoms with van der Waals surface area (Å²) in [5.41, 5.74) is 0.835. The van der Waals surface area contributed by atoms with E-state index in [0.717, 1.165) is 27.7 Å². The predicted octanol–water partition coefficient (Wildman–Crippen LogP) is 2.51. The third kappa shape index (κ3) is 4.18. The monoisotopic (exact) mass is 423 g/mol. The molecule has 136 valence electrons. The molecule has 1 N–H and O–H groups in total. The normalized spacial score (nSPS) is 13.6. The Bertz CT molecular complexity index is 902. The zero-order valence-electron chi connectivity index (χ0n) is 14.5. The molecule has 1 atom stereocenters. The molecule has 3 rings (SSSR count). The molecule has 0 fully saturated rings. The van der Waals surface area contributed by atoms with Crippen LogP contribution < -0.4 is 4.46 Å². The molecule has 0 bridgehead atoms. The van der Waals surface area contributed by atoms with Gasteiger partial charge in [0.25, 0.3) is 0 Å². The van der Waals surface area contributed by atoms with Crippen molar-refractivity contribution in [2.45, 2.75) is 31.3 Å². The number of rotatable bonds is 6. The van der Waals surface area contributed by atoms with E-state index in [0.29, 0.717) is 5.32 Å². The maximum atomic E-state index is 14.4. The molecule has 1 heterocycles. The van der Waals surface area contributed by atoms with Gasteiger partial charge in [-0.1, -0.05) is 0 Å². The summed E-state index contributed by atoms with van der Waals surface area (Å²) in [4.78, 5) is 3.87. The van der Waals surface area contributed by atoms with Gasteiger partial charge in [-0.2, -0.15) is 0 Å². The van der Waals surface area contributed by atoms with Crippen LogP contribution in [0, 0.1) is 25.5 Å². The Morgan fingerprint density at radius 1 is 1.15 bits per heavy atom. The molecule has 0 saturated heterocycles. The summed E-state index contributed by atoms with van der Waals surface area (Å²) < 4.78 is 30.3. The number of aromatic nitrogens is 3. The van der Waals surface area contributed by atoms with E-state index in [4.69, 9.17) is 0 Å². The minimum atomic E-state index is -1.51. The van der Waals surface area contributed by atoms with Gasteiger partial charge >= 0.3 is 157 Å². The van der Waals surface area contributed by atoms with Gasteiger partial charge in [-0.3, -0.25) is 0 Å². The standard InChI is InChI=1S/C19H19F2N3OSe/c1-13-3-4-14(2)18(7-13)26-10-19(25,9-24-12-22-11-23-24)16-6-5-15(20)8-17(16)21/h3-8,11-12,25H,9-10H2,1-2H3. The zero-order chi connectivity index (χ0) is 18.7. The van der Waals surface area contributed by atoms with Gasteiger partial charge < -0.3 is 0 Å². The first-order valence-corrected chi connectivity index (χ1v) is 10.1. The molecule has 0 aliphatic heterocycles. The first-order chi connectivity index (χ1) is 12.4. The Balaban J connectivity index is 1.93.